The van der Waals surface area contributed by atoms with Crippen LogP contribution in [0.1, 0.15) is 43.6 Å². The molecular weight excluding hydrogens is 421 g/mol. The summed E-state index contributed by atoms with van der Waals surface area (Å²) in [6.45, 7) is 6.64. The summed E-state index contributed by atoms with van der Waals surface area (Å²) >= 11 is 11.9. The number of benzene rings is 2. The Morgan fingerprint density at radius 1 is 1.03 bits per heavy atom. The van der Waals surface area contributed by atoms with E-state index in [0.717, 1.165) is 29.3 Å². The number of allylic oxidation sites excluding steroid dienone is 1. The van der Waals surface area contributed by atoms with Crippen molar-refractivity contribution in [3.05, 3.63) is 75.3 Å². The number of carbonyl (C=O) groups excluding carboxylic acids is 2. The van der Waals surface area contributed by atoms with Crippen LogP contribution >= 0.6 is 23.2 Å². The standard InChI is InChI=1S/C21H20Cl2F2N2O2/c1-12(17-11-16(24)5-6-18(17)25)7-19(28)26-27(21(2,3)4)20(29)13-8-14(22)10-15(23)9-13/h5-11H,1-4H3,(H,26,28)/b12-7+. The van der Waals surface area contributed by atoms with Crippen molar-refractivity contribution in [3.8, 4) is 0 Å². The van der Waals surface area contributed by atoms with Gasteiger partial charge in [0.1, 0.15) is 11.6 Å². The van der Waals surface area contributed by atoms with Crippen LogP contribution in [-0.4, -0.2) is 22.4 Å². The van der Waals surface area contributed by atoms with Gasteiger partial charge in [0.25, 0.3) is 11.8 Å². The lowest BCUT2D eigenvalue weighted by Gasteiger charge is -2.35. The van der Waals surface area contributed by atoms with Crippen molar-refractivity contribution in [3.63, 3.8) is 0 Å². The van der Waals surface area contributed by atoms with Gasteiger partial charge >= 0.3 is 0 Å². The molecule has 0 bridgehead atoms. The SMILES string of the molecule is C/C(=C\C(=O)NN(C(=O)c1cc(Cl)cc(Cl)c1)C(C)(C)C)c1cc(F)ccc1F. The molecule has 1 N–H and O–H groups in total. The minimum Gasteiger partial charge on any atom is -0.268 e. The predicted molar refractivity (Wildman–Crippen MR) is 111 cm³/mol. The average Bonchev–Trinajstić information content (AvgIpc) is 2.59. The Labute approximate surface area is 178 Å². The van der Waals surface area contributed by atoms with Gasteiger partial charge < -0.3 is 0 Å². The van der Waals surface area contributed by atoms with E-state index in [1.165, 1.54) is 25.1 Å². The number of hydrazine groups is 1. The number of nitrogens with one attached hydrogen (secondary N) is 1. The molecule has 2 aromatic carbocycles. The van der Waals surface area contributed by atoms with Crippen molar-refractivity contribution in [1.29, 1.82) is 0 Å². The first-order valence-electron chi connectivity index (χ1n) is 8.63. The first kappa shape index (κ1) is 22.8. The van der Waals surface area contributed by atoms with E-state index in [-0.39, 0.29) is 26.7 Å². The zero-order valence-electron chi connectivity index (χ0n) is 16.3. The summed E-state index contributed by atoms with van der Waals surface area (Å²) in [5, 5.41) is 1.68. The molecule has 0 aliphatic rings. The van der Waals surface area contributed by atoms with Crippen molar-refractivity contribution in [2.75, 3.05) is 0 Å². The van der Waals surface area contributed by atoms with Crippen molar-refractivity contribution in [2.45, 2.75) is 33.2 Å². The summed E-state index contributed by atoms with van der Waals surface area (Å²) in [7, 11) is 0. The number of carbonyl (C=O) groups is 2. The molecule has 2 rings (SSSR count). The number of hydrogen-bond donors (Lipinski definition) is 1. The zero-order chi connectivity index (χ0) is 21.9. The molecule has 0 aromatic heterocycles. The van der Waals surface area contributed by atoms with Crippen molar-refractivity contribution >= 4 is 40.6 Å². The molecule has 0 fully saturated rings. The van der Waals surface area contributed by atoms with Gasteiger partial charge in [-0.2, -0.15) is 0 Å². The second kappa shape index (κ2) is 8.93. The molecule has 0 saturated carbocycles. The third-order valence-corrected chi connectivity index (χ3v) is 4.34. The normalized spacial score (nSPS) is 11.9. The van der Waals surface area contributed by atoms with E-state index in [1.807, 2.05) is 0 Å². The molecule has 154 valence electrons. The fourth-order valence-corrected chi connectivity index (χ4v) is 3.07. The van der Waals surface area contributed by atoms with Gasteiger partial charge in [-0.25, -0.2) is 13.8 Å². The fraction of sp³-hybridized carbons (Fsp3) is 0.238. The zero-order valence-corrected chi connectivity index (χ0v) is 17.8. The van der Waals surface area contributed by atoms with Crippen LogP contribution in [-0.2, 0) is 4.79 Å². The molecule has 8 heteroatoms. The monoisotopic (exact) mass is 440 g/mol. The van der Waals surface area contributed by atoms with E-state index in [0.29, 0.717) is 0 Å². The number of halogens is 4. The van der Waals surface area contributed by atoms with Crippen molar-refractivity contribution < 1.29 is 18.4 Å². The Hall–Kier alpha value is -2.44. The molecule has 0 saturated heterocycles. The van der Waals surface area contributed by atoms with E-state index >= 15 is 0 Å². The third-order valence-electron chi connectivity index (χ3n) is 3.91. The molecule has 4 nitrogen and oxygen atoms in total. The second-order valence-electron chi connectivity index (χ2n) is 7.40. The molecule has 0 heterocycles. The molecule has 0 radical (unpaired) electrons. The highest BCUT2D eigenvalue weighted by atomic mass is 35.5. The highest BCUT2D eigenvalue weighted by Gasteiger charge is 2.29. The molecule has 2 aromatic rings. The number of nitrogens with zero attached hydrogens (tertiary/aromatic N) is 1. The molecule has 0 spiro atoms. The summed E-state index contributed by atoms with van der Waals surface area (Å²) in [5.41, 5.74) is 2.04. The Morgan fingerprint density at radius 2 is 1.62 bits per heavy atom. The van der Waals surface area contributed by atoms with Gasteiger partial charge in [-0.1, -0.05) is 23.2 Å². The third kappa shape index (κ3) is 6.02. The maximum absolute atomic E-state index is 13.9. The van der Waals surface area contributed by atoms with Gasteiger partial charge in [-0.3, -0.25) is 15.0 Å². The molecule has 0 aliphatic heterocycles. The molecule has 0 aliphatic carbocycles. The fourth-order valence-electron chi connectivity index (χ4n) is 2.55. The van der Waals surface area contributed by atoms with Gasteiger partial charge in [-0.05, 0) is 69.7 Å². The lowest BCUT2D eigenvalue weighted by molar-refractivity contribution is -0.122. The quantitative estimate of drug-likeness (QED) is 0.495. The van der Waals surface area contributed by atoms with Crippen molar-refractivity contribution in [1.82, 2.24) is 10.4 Å². The lowest BCUT2D eigenvalue weighted by Crippen LogP contribution is -2.55. The molecule has 0 atom stereocenters. The Kier molecular flexibility index (Phi) is 7.03. The average molecular weight is 441 g/mol. The van der Waals surface area contributed by atoms with E-state index in [9.17, 15) is 18.4 Å². The number of rotatable bonds is 3. The minimum absolute atomic E-state index is 0.0459. The van der Waals surface area contributed by atoms with E-state index in [1.54, 1.807) is 20.8 Å². The van der Waals surface area contributed by atoms with Crippen LogP contribution in [0.3, 0.4) is 0 Å². The summed E-state index contributed by atoms with van der Waals surface area (Å²) in [6, 6.07) is 7.32. The van der Waals surface area contributed by atoms with E-state index in [4.69, 9.17) is 23.2 Å². The molecule has 2 amide bonds. The van der Waals surface area contributed by atoms with Crippen LogP contribution in [0.5, 0.6) is 0 Å². The van der Waals surface area contributed by atoms with E-state index in [2.05, 4.69) is 5.43 Å². The smallest absolute Gasteiger partial charge is 0.268 e. The maximum atomic E-state index is 13.9. The lowest BCUT2D eigenvalue weighted by atomic mass is 10.1. The topological polar surface area (TPSA) is 49.4 Å². The van der Waals surface area contributed by atoms with E-state index < -0.39 is 29.0 Å². The van der Waals surface area contributed by atoms with Gasteiger partial charge in [-0.15, -0.1) is 0 Å². The summed E-state index contributed by atoms with van der Waals surface area (Å²) in [4.78, 5) is 25.4. The van der Waals surface area contributed by atoms with Crippen LogP contribution < -0.4 is 5.43 Å². The Bertz CT molecular complexity index is 965. The largest absolute Gasteiger partial charge is 0.272 e. The predicted octanol–water partition coefficient (Wildman–Crippen LogP) is 5.65. The van der Waals surface area contributed by atoms with Gasteiger partial charge in [0.2, 0.25) is 0 Å². The molecular formula is C21H20Cl2F2N2O2. The maximum Gasteiger partial charge on any atom is 0.272 e. The van der Waals surface area contributed by atoms with Gasteiger partial charge in [0, 0.05) is 27.2 Å². The summed E-state index contributed by atoms with van der Waals surface area (Å²) in [6.07, 6.45) is 1.09. The first-order chi connectivity index (χ1) is 13.4. The van der Waals surface area contributed by atoms with Gasteiger partial charge in [0.15, 0.2) is 0 Å². The van der Waals surface area contributed by atoms with Crippen LogP contribution in [0.2, 0.25) is 10.0 Å². The van der Waals surface area contributed by atoms with Crippen LogP contribution in [0.25, 0.3) is 5.57 Å². The van der Waals surface area contributed by atoms with Crippen molar-refractivity contribution in [2.24, 2.45) is 0 Å². The molecule has 0 unspecified atom stereocenters. The van der Waals surface area contributed by atoms with Gasteiger partial charge in [0.05, 0.1) is 5.54 Å². The first-order valence-corrected chi connectivity index (χ1v) is 9.39. The van der Waals surface area contributed by atoms with Crippen LogP contribution in [0.4, 0.5) is 8.78 Å². The Morgan fingerprint density at radius 3 is 2.17 bits per heavy atom. The second-order valence-corrected chi connectivity index (χ2v) is 8.27. The highest BCUT2D eigenvalue weighted by molar-refractivity contribution is 6.35. The Balaban J connectivity index is 2.31. The minimum atomic E-state index is -0.798. The number of hydrogen-bond acceptors (Lipinski definition) is 2. The molecule has 29 heavy (non-hydrogen) atoms. The summed E-state index contributed by atoms with van der Waals surface area (Å²) < 4.78 is 27.3. The summed E-state index contributed by atoms with van der Waals surface area (Å²) in [5.74, 6) is -2.50. The highest BCUT2D eigenvalue weighted by Crippen LogP contribution is 2.23. The van der Waals surface area contributed by atoms with Crippen LogP contribution in [0.15, 0.2) is 42.5 Å². The van der Waals surface area contributed by atoms with Crippen LogP contribution in [0, 0.1) is 11.6 Å². The number of amides is 2.